The van der Waals surface area contributed by atoms with Crippen molar-refractivity contribution in [1.29, 1.82) is 0 Å². The van der Waals surface area contributed by atoms with E-state index in [1.807, 2.05) is 24.3 Å². The summed E-state index contributed by atoms with van der Waals surface area (Å²) in [5, 5.41) is 0. The fourth-order valence-corrected chi connectivity index (χ4v) is 2.51. The lowest BCUT2D eigenvalue weighted by Crippen LogP contribution is -2.42. The van der Waals surface area contributed by atoms with Crippen molar-refractivity contribution in [3.05, 3.63) is 36.4 Å². The van der Waals surface area contributed by atoms with E-state index in [0.29, 0.717) is 18.1 Å². The summed E-state index contributed by atoms with van der Waals surface area (Å²) in [6, 6.07) is 5.89. The minimum Gasteiger partial charge on any atom is -0.493 e. The molecule has 1 saturated heterocycles. The van der Waals surface area contributed by atoms with Gasteiger partial charge in [-0.25, -0.2) is 0 Å². The first-order chi connectivity index (χ1) is 9.17. The van der Waals surface area contributed by atoms with Crippen LogP contribution in [0.5, 0.6) is 11.5 Å². The van der Waals surface area contributed by atoms with Crippen LogP contribution in [0, 0.1) is 0 Å². The highest BCUT2D eigenvalue weighted by Gasteiger charge is 2.30. The van der Waals surface area contributed by atoms with Crippen molar-refractivity contribution in [1.82, 2.24) is 0 Å². The molecule has 3 radical (unpaired) electrons. The second kappa shape index (κ2) is 6.26. The maximum atomic E-state index is 5.94. The van der Waals surface area contributed by atoms with E-state index in [1.54, 1.807) is 7.11 Å². The van der Waals surface area contributed by atoms with Gasteiger partial charge in [0.2, 0.25) is 0 Å². The molecular weight excluding hydrogens is 256 g/mol. The molecule has 2 rings (SSSR count). The Morgan fingerprint density at radius 2 is 2.26 bits per heavy atom. The van der Waals surface area contributed by atoms with Crippen LogP contribution in [0.15, 0.2) is 30.9 Å². The largest absolute Gasteiger partial charge is 0.493 e. The van der Waals surface area contributed by atoms with Crippen LogP contribution in [0.2, 0.25) is 0 Å². The fourth-order valence-electron chi connectivity index (χ4n) is 2.12. The molecule has 0 N–H and O–H groups in total. The summed E-state index contributed by atoms with van der Waals surface area (Å²) in [6.07, 6.45) is 5.66. The lowest BCUT2D eigenvalue weighted by Gasteiger charge is -2.34. The van der Waals surface area contributed by atoms with Gasteiger partial charge in [-0.05, 0) is 37.0 Å². The van der Waals surface area contributed by atoms with Gasteiger partial charge in [-0.3, -0.25) is 0 Å². The number of hydrogen-bond donors (Lipinski definition) is 0. The second-order valence-electron chi connectivity index (χ2n) is 4.64. The molecule has 1 fully saturated rings. The molecule has 1 atom stereocenters. The topological polar surface area (TPSA) is 27.7 Å². The zero-order valence-corrected chi connectivity index (χ0v) is 12.3. The van der Waals surface area contributed by atoms with E-state index >= 15 is 0 Å². The van der Waals surface area contributed by atoms with Gasteiger partial charge in [-0.15, -0.1) is 6.58 Å². The van der Waals surface area contributed by atoms with Crippen LogP contribution >= 0.6 is 0 Å². The Morgan fingerprint density at radius 3 is 2.89 bits per heavy atom. The summed E-state index contributed by atoms with van der Waals surface area (Å²) in [5.41, 5.74) is 0.414. The second-order valence-corrected chi connectivity index (χ2v) is 5.40. The maximum Gasteiger partial charge on any atom is 0.183 e. The molecule has 4 heteroatoms. The highest BCUT2D eigenvalue weighted by Crippen LogP contribution is 2.33. The van der Waals surface area contributed by atoms with Crippen molar-refractivity contribution in [3.63, 3.8) is 0 Å². The first-order valence-corrected chi connectivity index (χ1v) is 7.03. The van der Waals surface area contributed by atoms with Gasteiger partial charge in [0.1, 0.15) is 10.2 Å². The predicted molar refractivity (Wildman–Crippen MR) is 75.8 cm³/mol. The Morgan fingerprint density at radius 1 is 1.42 bits per heavy atom. The van der Waals surface area contributed by atoms with Crippen LogP contribution in [0.4, 0.5) is 0 Å². The monoisotopic (exact) mass is 275 g/mol. The van der Waals surface area contributed by atoms with E-state index in [0.717, 1.165) is 31.2 Å². The van der Waals surface area contributed by atoms with Crippen molar-refractivity contribution in [2.45, 2.75) is 31.1 Å². The number of allylic oxidation sites excluding steroid dienone is 1. The molecule has 0 aliphatic carbocycles. The molecule has 3 nitrogen and oxygen atoms in total. The summed E-state index contributed by atoms with van der Waals surface area (Å²) >= 11 is 0. The van der Waals surface area contributed by atoms with Gasteiger partial charge in [0.25, 0.3) is 0 Å². The molecule has 1 aliphatic heterocycles. The van der Waals surface area contributed by atoms with E-state index in [1.165, 1.54) is 0 Å². The van der Waals surface area contributed by atoms with Gasteiger partial charge < -0.3 is 14.2 Å². The summed E-state index contributed by atoms with van der Waals surface area (Å²) in [5.74, 6) is 1.40. The number of hydrogen-bond acceptors (Lipinski definition) is 3. The Labute approximate surface area is 118 Å². The quantitative estimate of drug-likeness (QED) is 0.611. The molecule has 1 unspecified atom stereocenters. The van der Waals surface area contributed by atoms with Crippen molar-refractivity contribution in [2.75, 3.05) is 13.7 Å². The third-order valence-electron chi connectivity index (χ3n) is 3.12. The zero-order chi connectivity index (χ0) is 13.7. The molecule has 1 aromatic rings. The average Bonchev–Trinajstić information content (AvgIpc) is 2.41. The summed E-state index contributed by atoms with van der Waals surface area (Å²) in [4.78, 5) is 0. The Hall–Kier alpha value is -1.26. The first kappa shape index (κ1) is 14.2. The van der Waals surface area contributed by atoms with Crippen molar-refractivity contribution < 1.29 is 14.2 Å². The van der Waals surface area contributed by atoms with Crippen molar-refractivity contribution in [2.24, 2.45) is 0 Å². The van der Waals surface area contributed by atoms with Crippen LogP contribution in [0.1, 0.15) is 24.8 Å². The van der Waals surface area contributed by atoms with Gasteiger partial charge in [-0.2, -0.15) is 0 Å². The highest BCUT2D eigenvalue weighted by atomic mass is 28.1. The molecular formula is C15H19O3Si. The highest BCUT2D eigenvalue weighted by molar-refractivity contribution is 6.13. The van der Waals surface area contributed by atoms with Crippen LogP contribution in [0.25, 0.3) is 0 Å². The number of benzene rings is 1. The SMILES string of the molecule is C=CCc1ccc(OC2([Si])CCCCO2)c(OC)c1. The number of methoxy groups -OCH3 is 1. The van der Waals surface area contributed by atoms with E-state index in [4.69, 9.17) is 14.2 Å². The van der Waals surface area contributed by atoms with Crippen molar-refractivity contribution >= 4 is 10.2 Å². The maximum absolute atomic E-state index is 5.94. The minimum atomic E-state index is -0.731. The molecule has 101 valence electrons. The molecule has 1 aliphatic rings. The average molecular weight is 275 g/mol. The van der Waals surface area contributed by atoms with Crippen molar-refractivity contribution in [3.8, 4) is 11.5 Å². The molecule has 1 aromatic carbocycles. The molecule has 1 heterocycles. The fraction of sp³-hybridized carbons (Fsp3) is 0.467. The summed E-state index contributed by atoms with van der Waals surface area (Å²) in [6.45, 7) is 4.45. The Kier molecular flexibility index (Phi) is 4.66. The zero-order valence-electron chi connectivity index (χ0n) is 11.3. The summed E-state index contributed by atoms with van der Waals surface area (Å²) in [7, 11) is 5.23. The lowest BCUT2D eigenvalue weighted by atomic mass is 10.1. The molecule has 0 bridgehead atoms. The Balaban J connectivity index is 2.16. The molecule has 0 amide bonds. The van der Waals surface area contributed by atoms with E-state index in [-0.39, 0.29) is 0 Å². The van der Waals surface area contributed by atoms with E-state index in [9.17, 15) is 0 Å². The Bertz CT molecular complexity index is 439. The smallest absolute Gasteiger partial charge is 0.183 e. The summed E-state index contributed by atoms with van der Waals surface area (Å²) < 4.78 is 17.0. The van der Waals surface area contributed by atoms with Crippen LogP contribution in [-0.4, -0.2) is 29.4 Å². The minimum absolute atomic E-state index is 0.687. The first-order valence-electron chi connectivity index (χ1n) is 6.53. The van der Waals surface area contributed by atoms with Crippen LogP contribution in [0.3, 0.4) is 0 Å². The van der Waals surface area contributed by atoms with Gasteiger partial charge in [0, 0.05) is 6.42 Å². The van der Waals surface area contributed by atoms with Gasteiger partial charge in [0.15, 0.2) is 16.9 Å². The third-order valence-corrected chi connectivity index (χ3v) is 3.61. The van der Waals surface area contributed by atoms with E-state index in [2.05, 4.69) is 16.8 Å². The lowest BCUT2D eigenvalue weighted by molar-refractivity contribution is -0.144. The van der Waals surface area contributed by atoms with E-state index < -0.39 is 5.41 Å². The van der Waals surface area contributed by atoms with Gasteiger partial charge in [0.05, 0.1) is 13.7 Å². The van der Waals surface area contributed by atoms with Crippen LogP contribution < -0.4 is 9.47 Å². The standard InChI is InChI=1S/C15H19O3Si/c1-3-6-12-7-8-13(14(11-12)16-2)18-15(19)9-4-5-10-17-15/h3,7-8,11H,1,4-6,9-10H2,2H3. The van der Waals surface area contributed by atoms with Crippen LogP contribution in [-0.2, 0) is 11.2 Å². The molecule has 0 saturated carbocycles. The van der Waals surface area contributed by atoms with Gasteiger partial charge >= 0.3 is 0 Å². The number of rotatable bonds is 5. The molecule has 0 spiro atoms. The number of ether oxygens (including phenoxy) is 3. The molecule has 19 heavy (non-hydrogen) atoms. The van der Waals surface area contributed by atoms with Gasteiger partial charge in [-0.1, -0.05) is 12.1 Å². The normalized spacial score (nSPS) is 22.8. The molecule has 0 aromatic heterocycles. The predicted octanol–water partition coefficient (Wildman–Crippen LogP) is 2.83. The third kappa shape index (κ3) is 3.61.